The molecule has 7 heteroatoms. The van der Waals surface area contributed by atoms with E-state index in [-0.39, 0.29) is 37.3 Å². The van der Waals surface area contributed by atoms with Gasteiger partial charge in [-0.15, -0.1) is 0 Å². The first-order chi connectivity index (χ1) is 12.4. The number of carboxylic acids is 1. The molecule has 1 heterocycles. The van der Waals surface area contributed by atoms with Crippen molar-refractivity contribution in [1.29, 1.82) is 0 Å². The lowest BCUT2D eigenvalue weighted by molar-refractivity contribution is -0.136. The van der Waals surface area contributed by atoms with Gasteiger partial charge in [-0.05, 0) is 31.4 Å². The molecule has 0 aliphatic carbocycles. The number of aryl methyl sites for hydroxylation is 1. The first-order valence-corrected chi connectivity index (χ1v) is 8.25. The fourth-order valence-electron chi connectivity index (χ4n) is 2.61. The molecule has 0 bridgehead atoms. The lowest BCUT2D eigenvalue weighted by Gasteiger charge is -2.08. The van der Waals surface area contributed by atoms with Crippen LogP contribution in [0, 0.1) is 6.92 Å². The molecule has 26 heavy (non-hydrogen) atoms. The maximum atomic E-state index is 12.6. The number of ether oxygens (including phenoxy) is 2. The number of carbonyl (C=O) groups is 3. The van der Waals surface area contributed by atoms with Gasteiger partial charge in [0, 0.05) is 12.1 Å². The molecule has 0 radical (unpaired) electrons. The summed E-state index contributed by atoms with van der Waals surface area (Å²) >= 11 is 0. The lowest BCUT2D eigenvalue weighted by Crippen LogP contribution is -2.12. The highest BCUT2D eigenvalue weighted by Gasteiger charge is 2.26. The standard InChI is InChI=1S/C19H21NO6/c1-3-25-19(24)17-14(9-10-15(21)22)16(12(2)20-17)18(23)26-11-13-7-5-4-6-8-13/h4-8,20H,3,9-11H2,1-2H3,(H,21,22). The quantitative estimate of drug-likeness (QED) is 0.702. The van der Waals surface area contributed by atoms with Crippen molar-refractivity contribution in [3.05, 3.63) is 58.4 Å². The lowest BCUT2D eigenvalue weighted by atomic mass is 10.0. The van der Waals surface area contributed by atoms with Gasteiger partial charge in [-0.2, -0.15) is 0 Å². The van der Waals surface area contributed by atoms with Gasteiger partial charge in [0.15, 0.2) is 0 Å². The van der Waals surface area contributed by atoms with E-state index in [0.29, 0.717) is 11.3 Å². The number of nitrogens with one attached hydrogen (secondary N) is 1. The maximum Gasteiger partial charge on any atom is 0.355 e. The predicted molar refractivity (Wildman–Crippen MR) is 93.0 cm³/mol. The predicted octanol–water partition coefficient (Wildman–Crippen LogP) is 2.87. The summed E-state index contributed by atoms with van der Waals surface area (Å²) in [4.78, 5) is 38.4. The zero-order chi connectivity index (χ0) is 19.1. The Morgan fingerprint density at radius 3 is 2.38 bits per heavy atom. The van der Waals surface area contributed by atoms with Gasteiger partial charge in [0.05, 0.1) is 12.2 Å². The van der Waals surface area contributed by atoms with Crippen molar-refractivity contribution in [2.24, 2.45) is 0 Å². The summed E-state index contributed by atoms with van der Waals surface area (Å²) in [5.74, 6) is -2.26. The summed E-state index contributed by atoms with van der Waals surface area (Å²) in [7, 11) is 0. The largest absolute Gasteiger partial charge is 0.481 e. The van der Waals surface area contributed by atoms with Crippen LogP contribution in [0.2, 0.25) is 0 Å². The summed E-state index contributed by atoms with van der Waals surface area (Å²) in [6, 6.07) is 9.18. The molecule has 0 aliphatic rings. The molecule has 2 N–H and O–H groups in total. The molecule has 0 atom stereocenters. The molecular formula is C19H21NO6. The van der Waals surface area contributed by atoms with E-state index in [9.17, 15) is 14.4 Å². The molecule has 0 aliphatic heterocycles. The van der Waals surface area contributed by atoms with Gasteiger partial charge < -0.3 is 19.6 Å². The third kappa shape index (κ3) is 4.72. The molecular weight excluding hydrogens is 338 g/mol. The van der Waals surface area contributed by atoms with Gasteiger partial charge >= 0.3 is 17.9 Å². The summed E-state index contributed by atoms with van der Waals surface area (Å²) in [5, 5.41) is 8.95. The van der Waals surface area contributed by atoms with Crippen LogP contribution < -0.4 is 0 Å². The SMILES string of the molecule is CCOC(=O)c1[nH]c(C)c(C(=O)OCc2ccccc2)c1CCC(=O)O. The molecule has 138 valence electrons. The Morgan fingerprint density at radius 1 is 1.08 bits per heavy atom. The normalized spacial score (nSPS) is 10.4. The topological polar surface area (TPSA) is 106 Å². The molecule has 2 aromatic rings. The van der Waals surface area contributed by atoms with Crippen molar-refractivity contribution in [2.75, 3.05) is 6.61 Å². The Balaban J connectivity index is 2.28. The van der Waals surface area contributed by atoms with E-state index in [0.717, 1.165) is 5.56 Å². The van der Waals surface area contributed by atoms with Crippen molar-refractivity contribution in [3.63, 3.8) is 0 Å². The summed E-state index contributed by atoms with van der Waals surface area (Å²) in [6.07, 6.45) is -0.202. The van der Waals surface area contributed by atoms with Crippen LogP contribution in [-0.2, 0) is 27.3 Å². The number of H-pyrrole nitrogens is 1. The van der Waals surface area contributed by atoms with Crippen LogP contribution in [0.4, 0.5) is 0 Å². The van der Waals surface area contributed by atoms with Gasteiger partial charge in [0.1, 0.15) is 12.3 Å². The Morgan fingerprint density at radius 2 is 1.77 bits per heavy atom. The van der Waals surface area contributed by atoms with Crippen molar-refractivity contribution in [2.45, 2.75) is 33.3 Å². The fourth-order valence-corrected chi connectivity index (χ4v) is 2.61. The number of carboxylic acid groups (broad SMARTS) is 1. The highest BCUT2D eigenvalue weighted by molar-refractivity contribution is 5.99. The van der Waals surface area contributed by atoms with Crippen LogP contribution in [0.1, 0.15) is 51.0 Å². The van der Waals surface area contributed by atoms with E-state index in [4.69, 9.17) is 14.6 Å². The smallest absolute Gasteiger partial charge is 0.355 e. The van der Waals surface area contributed by atoms with Gasteiger partial charge in [-0.1, -0.05) is 30.3 Å². The minimum absolute atomic E-state index is 0.0175. The monoisotopic (exact) mass is 359 g/mol. The number of carbonyl (C=O) groups excluding carboxylic acids is 2. The zero-order valence-electron chi connectivity index (χ0n) is 14.7. The number of aromatic amines is 1. The average molecular weight is 359 g/mol. The Kier molecular flexibility index (Phi) is 6.54. The van der Waals surface area contributed by atoms with E-state index in [1.165, 1.54) is 0 Å². The molecule has 0 saturated heterocycles. The molecule has 0 spiro atoms. The second kappa shape index (κ2) is 8.84. The van der Waals surface area contributed by atoms with Crippen LogP contribution in [0.5, 0.6) is 0 Å². The molecule has 0 unspecified atom stereocenters. The highest BCUT2D eigenvalue weighted by Crippen LogP contribution is 2.23. The number of hydrogen-bond donors (Lipinski definition) is 2. The molecule has 0 fully saturated rings. The average Bonchev–Trinajstić information content (AvgIpc) is 2.95. The van der Waals surface area contributed by atoms with Gasteiger partial charge in [-0.3, -0.25) is 4.79 Å². The van der Waals surface area contributed by atoms with E-state index in [1.807, 2.05) is 30.3 Å². The minimum Gasteiger partial charge on any atom is -0.481 e. The second-order valence-electron chi connectivity index (χ2n) is 5.65. The minimum atomic E-state index is -1.03. The molecule has 0 saturated carbocycles. The van der Waals surface area contributed by atoms with Gasteiger partial charge in [0.25, 0.3) is 0 Å². The van der Waals surface area contributed by atoms with Crippen LogP contribution in [-0.4, -0.2) is 34.6 Å². The van der Waals surface area contributed by atoms with Crippen molar-refractivity contribution in [1.82, 2.24) is 4.98 Å². The van der Waals surface area contributed by atoms with E-state index >= 15 is 0 Å². The third-order valence-corrected chi connectivity index (χ3v) is 3.78. The zero-order valence-corrected chi connectivity index (χ0v) is 14.7. The second-order valence-corrected chi connectivity index (χ2v) is 5.65. The third-order valence-electron chi connectivity index (χ3n) is 3.78. The summed E-state index contributed by atoms with van der Waals surface area (Å²) in [6.45, 7) is 3.55. The van der Waals surface area contributed by atoms with Crippen LogP contribution in [0.25, 0.3) is 0 Å². The number of aliphatic carboxylic acids is 1. The molecule has 0 amide bonds. The molecule has 1 aromatic carbocycles. The highest BCUT2D eigenvalue weighted by atomic mass is 16.5. The van der Waals surface area contributed by atoms with Crippen LogP contribution in [0.3, 0.4) is 0 Å². The van der Waals surface area contributed by atoms with Gasteiger partial charge in [0.2, 0.25) is 0 Å². The van der Waals surface area contributed by atoms with E-state index in [1.54, 1.807) is 13.8 Å². The number of hydrogen-bond acceptors (Lipinski definition) is 5. The summed E-state index contributed by atoms with van der Waals surface area (Å²) in [5.41, 5.74) is 1.85. The van der Waals surface area contributed by atoms with Crippen molar-refractivity contribution in [3.8, 4) is 0 Å². The van der Waals surface area contributed by atoms with Crippen LogP contribution >= 0.6 is 0 Å². The number of rotatable bonds is 8. The number of benzene rings is 1. The Labute approximate surface area is 150 Å². The molecule has 1 aromatic heterocycles. The van der Waals surface area contributed by atoms with Crippen molar-refractivity contribution >= 4 is 17.9 Å². The van der Waals surface area contributed by atoms with E-state index < -0.39 is 17.9 Å². The summed E-state index contributed by atoms with van der Waals surface area (Å²) < 4.78 is 10.3. The first-order valence-electron chi connectivity index (χ1n) is 8.25. The molecule has 7 nitrogen and oxygen atoms in total. The van der Waals surface area contributed by atoms with E-state index in [2.05, 4.69) is 4.98 Å². The number of aromatic nitrogens is 1. The Bertz CT molecular complexity index is 794. The maximum absolute atomic E-state index is 12.6. The van der Waals surface area contributed by atoms with Crippen LogP contribution in [0.15, 0.2) is 30.3 Å². The fraction of sp³-hybridized carbons (Fsp3) is 0.316. The Hall–Kier alpha value is -3.09. The first kappa shape index (κ1) is 19.2. The van der Waals surface area contributed by atoms with Gasteiger partial charge in [-0.25, -0.2) is 9.59 Å². The molecule has 2 rings (SSSR count). The number of esters is 2. The van der Waals surface area contributed by atoms with Crippen molar-refractivity contribution < 1.29 is 29.0 Å².